The molecule has 1 aromatic heterocycles. The van der Waals surface area contributed by atoms with Gasteiger partial charge in [0, 0.05) is 16.7 Å². The SMILES string of the molecule is CCc1cc(Br)ccc1NC(=O)c1c(N)cnn1CC. The number of aryl methyl sites for hydroxylation is 2. The molecule has 0 unspecified atom stereocenters. The summed E-state index contributed by atoms with van der Waals surface area (Å²) >= 11 is 3.43. The molecule has 0 spiro atoms. The van der Waals surface area contributed by atoms with E-state index >= 15 is 0 Å². The number of carbonyl (C=O) groups excluding carboxylic acids is 1. The van der Waals surface area contributed by atoms with E-state index in [1.807, 2.05) is 32.0 Å². The monoisotopic (exact) mass is 336 g/mol. The van der Waals surface area contributed by atoms with Crippen molar-refractivity contribution >= 4 is 33.2 Å². The average Bonchev–Trinajstić information content (AvgIpc) is 2.81. The van der Waals surface area contributed by atoms with Gasteiger partial charge in [0.2, 0.25) is 0 Å². The van der Waals surface area contributed by atoms with Gasteiger partial charge in [-0.1, -0.05) is 22.9 Å². The third kappa shape index (κ3) is 2.85. The highest BCUT2D eigenvalue weighted by atomic mass is 79.9. The van der Waals surface area contributed by atoms with Gasteiger partial charge >= 0.3 is 0 Å². The summed E-state index contributed by atoms with van der Waals surface area (Å²) in [6, 6.07) is 5.77. The smallest absolute Gasteiger partial charge is 0.276 e. The van der Waals surface area contributed by atoms with Gasteiger partial charge in [0.25, 0.3) is 5.91 Å². The fourth-order valence-corrected chi connectivity index (χ4v) is 2.45. The molecular weight excluding hydrogens is 320 g/mol. The van der Waals surface area contributed by atoms with Gasteiger partial charge < -0.3 is 11.1 Å². The second-order valence-corrected chi connectivity index (χ2v) is 5.29. The Hall–Kier alpha value is -1.82. The van der Waals surface area contributed by atoms with Crippen LogP contribution in [-0.2, 0) is 13.0 Å². The highest BCUT2D eigenvalue weighted by molar-refractivity contribution is 9.10. The van der Waals surface area contributed by atoms with Gasteiger partial charge in [-0.05, 0) is 37.1 Å². The van der Waals surface area contributed by atoms with Gasteiger partial charge in [-0.3, -0.25) is 9.48 Å². The lowest BCUT2D eigenvalue weighted by Crippen LogP contribution is -2.19. The molecule has 3 N–H and O–H groups in total. The minimum Gasteiger partial charge on any atom is -0.396 e. The minimum atomic E-state index is -0.237. The zero-order valence-electron chi connectivity index (χ0n) is 11.5. The van der Waals surface area contributed by atoms with E-state index in [1.165, 1.54) is 6.20 Å². The van der Waals surface area contributed by atoms with Crippen LogP contribution in [0.25, 0.3) is 0 Å². The molecule has 5 nitrogen and oxygen atoms in total. The lowest BCUT2D eigenvalue weighted by atomic mass is 10.1. The van der Waals surface area contributed by atoms with Crippen molar-refractivity contribution in [3.8, 4) is 0 Å². The number of nitrogens with one attached hydrogen (secondary N) is 1. The van der Waals surface area contributed by atoms with Crippen LogP contribution in [0.3, 0.4) is 0 Å². The summed E-state index contributed by atoms with van der Waals surface area (Å²) in [6.45, 7) is 4.56. The molecule has 0 bridgehead atoms. The van der Waals surface area contributed by atoms with E-state index in [1.54, 1.807) is 4.68 Å². The van der Waals surface area contributed by atoms with Gasteiger partial charge in [-0.25, -0.2) is 0 Å². The third-order valence-corrected chi connectivity index (χ3v) is 3.57. The number of nitrogens with two attached hydrogens (primary N) is 1. The molecular formula is C14H17BrN4O. The van der Waals surface area contributed by atoms with Crippen molar-refractivity contribution in [2.45, 2.75) is 26.8 Å². The Labute approximate surface area is 126 Å². The zero-order chi connectivity index (χ0) is 14.7. The topological polar surface area (TPSA) is 72.9 Å². The first kappa shape index (κ1) is 14.6. The Morgan fingerprint density at radius 2 is 2.20 bits per heavy atom. The van der Waals surface area contributed by atoms with Gasteiger partial charge in [-0.2, -0.15) is 5.10 Å². The standard InChI is InChI=1S/C14H17BrN4O/c1-3-9-7-10(15)5-6-12(9)18-14(20)13-11(16)8-17-19(13)4-2/h5-8H,3-4,16H2,1-2H3,(H,18,20). The Bertz CT molecular complexity index is 636. The molecule has 20 heavy (non-hydrogen) atoms. The average molecular weight is 337 g/mol. The van der Waals surface area contributed by atoms with Crippen LogP contribution in [0.15, 0.2) is 28.9 Å². The molecule has 2 aromatic rings. The summed E-state index contributed by atoms with van der Waals surface area (Å²) < 4.78 is 2.58. The molecule has 106 valence electrons. The van der Waals surface area contributed by atoms with Crippen LogP contribution in [0.5, 0.6) is 0 Å². The Balaban J connectivity index is 2.30. The molecule has 0 saturated carbocycles. The molecule has 0 atom stereocenters. The zero-order valence-corrected chi connectivity index (χ0v) is 13.1. The summed E-state index contributed by atoms with van der Waals surface area (Å²) in [4.78, 5) is 12.4. The maximum Gasteiger partial charge on any atom is 0.276 e. The van der Waals surface area contributed by atoms with Crippen LogP contribution in [-0.4, -0.2) is 15.7 Å². The number of benzene rings is 1. The normalized spacial score (nSPS) is 10.6. The number of amides is 1. The van der Waals surface area contributed by atoms with Gasteiger partial charge in [0.05, 0.1) is 11.9 Å². The Morgan fingerprint density at radius 1 is 1.45 bits per heavy atom. The molecule has 2 rings (SSSR count). The first-order valence-corrected chi connectivity index (χ1v) is 7.27. The van der Waals surface area contributed by atoms with Crippen molar-refractivity contribution in [3.63, 3.8) is 0 Å². The number of rotatable bonds is 4. The molecule has 0 aliphatic carbocycles. The molecule has 0 radical (unpaired) electrons. The first-order chi connectivity index (χ1) is 9.56. The van der Waals surface area contributed by atoms with Crippen molar-refractivity contribution in [1.29, 1.82) is 0 Å². The van der Waals surface area contributed by atoms with Crippen molar-refractivity contribution < 1.29 is 4.79 Å². The number of carbonyl (C=O) groups is 1. The van der Waals surface area contributed by atoms with E-state index in [9.17, 15) is 4.79 Å². The van der Waals surface area contributed by atoms with E-state index in [4.69, 9.17) is 5.73 Å². The number of nitrogen functional groups attached to an aromatic ring is 1. The number of aromatic nitrogens is 2. The summed E-state index contributed by atoms with van der Waals surface area (Å²) in [5, 5.41) is 6.98. The second-order valence-electron chi connectivity index (χ2n) is 4.37. The van der Waals surface area contributed by atoms with Crippen LogP contribution in [0.1, 0.15) is 29.9 Å². The number of nitrogens with zero attached hydrogens (tertiary/aromatic N) is 2. The molecule has 0 fully saturated rings. The predicted octanol–water partition coefficient (Wildman–Crippen LogP) is 3.06. The van der Waals surface area contributed by atoms with Gasteiger partial charge in [-0.15, -0.1) is 0 Å². The fraction of sp³-hybridized carbons (Fsp3) is 0.286. The van der Waals surface area contributed by atoms with E-state index in [-0.39, 0.29) is 5.91 Å². The second kappa shape index (κ2) is 6.09. The van der Waals surface area contributed by atoms with E-state index < -0.39 is 0 Å². The van der Waals surface area contributed by atoms with E-state index in [0.717, 1.165) is 22.1 Å². The highest BCUT2D eigenvalue weighted by Crippen LogP contribution is 2.23. The molecule has 1 amide bonds. The molecule has 1 aromatic carbocycles. The van der Waals surface area contributed by atoms with Crippen LogP contribution in [0.4, 0.5) is 11.4 Å². The lowest BCUT2D eigenvalue weighted by molar-refractivity contribution is 0.101. The first-order valence-electron chi connectivity index (χ1n) is 6.47. The van der Waals surface area contributed by atoms with Crippen LogP contribution in [0.2, 0.25) is 0 Å². The van der Waals surface area contributed by atoms with Crippen LogP contribution >= 0.6 is 15.9 Å². The number of hydrogen-bond acceptors (Lipinski definition) is 3. The lowest BCUT2D eigenvalue weighted by Gasteiger charge is -2.11. The fourth-order valence-electron chi connectivity index (χ4n) is 2.05. The Kier molecular flexibility index (Phi) is 4.44. The summed E-state index contributed by atoms with van der Waals surface area (Å²) in [7, 11) is 0. The van der Waals surface area contributed by atoms with Gasteiger partial charge in [0.1, 0.15) is 5.69 Å². The van der Waals surface area contributed by atoms with Crippen LogP contribution < -0.4 is 11.1 Å². The largest absolute Gasteiger partial charge is 0.396 e. The van der Waals surface area contributed by atoms with E-state index in [2.05, 4.69) is 26.3 Å². The summed E-state index contributed by atoms with van der Waals surface area (Å²) in [6.07, 6.45) is 2.33. The van der Waals surface area contributed by atoms with Crippen molar-refractivity contribution in [3.05, 3.63) is 40.1 Å². The minimum absolute atomic E-state index is 0.237. The molecule has 0 aliphatic heterocycles. The third-order valence-electron chi connectivity index (χ3n) is 3.08. The Morgan fingerprint density at radius 3 is 2.85 bits per heavy atom. The predicted molar refractivity (Wildman–Crippen MR) is 83.8 cm³/mol. The van der Waals surface area contributed by atoms with Crippen molar-refractivity contribution in [2.24, 2.45) is 0 Å². The maximum absolute atomic E-state index is 12.4. The van der Waals surface area contributed by atoms with Gasteiger partial charge in [0.15, 0.2) is 0 Å². The molecule has 0 aliphatic rings. The molecule has 0 saturated heterocycles. The number of hydrogen-bond donors (Lipinski definition) is 2. The number of anilines is 2. The van der Waals surface area contributed by atoms with Crippen molar-refractivity contribution in [2.75, 3.05) is 11.1 Å². The molecule has 1 heterocycles. The highest BCUT2D eigenvalue weighted by Gasteiger charge is 2.17. The quantitative estimate of drug-likeness (QED) is 0.901. The molecule has 6 heteroatoms. The maximum atomic E-state index is 12.4. The van der Waals surface area contributed by atoms with Crippen molar-refractivity contribution in [1.82, 2.24) is 9.78 Å². The van der Waals surface area contributed by atoms with E-state index in [0.29, 0.717) is 17.9 Å². The summed E-state index contributed by atoms with van der Waals surface area (Å²) in [5.41, 5.74) is 8.46. The number of halogens is 1. The summed E-state index contributed by atoms with van der Waals surface area (Å²) in [5.74, 6) is -0.237. The van der Waals surface area contributed by atoms with Crippen LogP contribution in [0, 0.1) is 0 Å².